The zero-order chi connectivity index (χ0) is 20.7. The Morgan fingerprint density at radius 3 is 2.32 bits per heavy atom. The molecule has 2 rings (SSSR count). The van der Waals surface area contributed by atoms with E-state index in [2.05, 4.69) is 5.32 Å². The van der Waals surface area contributed by atoms with Crippen LogP contribution in [0.15, 0.2) is 48.5 Å². The van der Waals surface area contributed by atoms with Crippen LogP contribution in [0.3, 0.4) is 0 Å². The summed E-state index contributed by atoms with van der Waals surface area (Å²) in [6.07, 6.45) is -0.609. The van der Waals surface area contributed by atoms with Gasteiger partial charge in [0.05, 0.1) is 6.61 Å². The molecule has 6 heteroatoms. The zero-order valence-electron chi connectivity index (χ0n) is 16.9. The van der Waals surface area contributed by atoms with Gasteiger partial charge in [-0.25, -0.2) is 4.79 Å². The fraction of sp³-hybridized carbons (Fsp3) is 0.364. The van der Waals surface area contributed by atoms with Crippen LogP contribution in [-0.4, -0.2) is 41.2 Å². The topological polar surface area (TPSA) is 78.9 Å². The number of ether oxygens (including phenoxy) is 1. The predicted molar refractivity (Wildman–Crippen MR) is 109 cm³/mol. The summed E-state index contributed by atoms with van der Waals surface area (Å²) in [6, 6.07) is 15.6. The van der Waals surface area contributed by atoms with Crippen molar-refractivity contribution in [3.63, 3.8) is 0 Å². The third-order valence-corrected chi connectivity index (χ3v) is 4.03. The van der Waals surface area contributed by atoms with Gasteiger partial charge in [-0.15, -0.1) is 0 Å². The van der Waals surface area contributed by atoms with E-state index in [9.17, 15) is 9.59 Å². The third-order valence-electron chi connectivity index (χ3n) is 4.03. The van der Waals surface area contributed by atoms with Gasteiger partial charge < -0.3 is 20.1 Å². The van der Waals surface area contributed by atoms with Gasteiger partial charge in [0.25, 0.3) is 0 Å². The number of nitrogens with zero attached hydrogens (tertiary/aromatic N) is 1. The highest BCUT2D eigenvalue weighted by Crippen LogP contribution is 2.21. The molecule has 150 valence electrons. The van der Waals surface area contributed by atoms with Crippen molar-refractivity contribution >= 4 is 12.0 Å². The standard InChI is InChI=1S/C22H28N2O4/c1-22(2,3)28-21(27)23-13-20(26)24(4)14-17-6-5-7-19(12-17)18-10-8-16(15-25)9-11-18/h5-12,25H,13-15H2,1-4H3,(H,23,27). The van der Waals surface area contributed by atoms with Crippen molar-refractivity contribution in [2.45, 2.75) is 39.5 Å². The molecule has 0 radical (unpaired) electrons. The van der Waals surface area contributed by atoms with Crippen molar-refractivity contribution in [2.24, 2.45) is 0 Å². The van der Waals surface area contributed by atoms with Crippen molar-refractivity contribution in [1.29, 1.82) is 0 Å². The van der Waals surface area contributed by atoms with Crippen LogP contribution in [0.1, 0.15) is 31.9 Å². The fourth-order valence-corrected chi connectivity index (χ4v) is 2.61. The van der Waals surface area contributed by atoms with Crippen molar-refractivity contribution in [1.82, 2.24) is 10.2 Å². The van der Waals surface area contributed by atoms with E-state index in [1.165, 1.54) is 0 Å². The number of amides is 2. The molecule has 6 nitrogen and oxygen atoms in total. The molecule has 2 aromatic carbocycles. The van der Waals surface area contributed by atoms with Gasteiger partial charge in [0.15, 0.2) is 0 Å². The lowest BCUT2D eigenvalue weighted by molar-refractivity contribution is -0.129. The Labute approximate surface area is 166 Å². The molecule has 2 aromatic rings. The molecular weight excluding hydrogens is 356 g/mol. The Morgan fingerprint density at radius 1 is 1.04 bits per heavy atom. The Bertz CT molecular complexity index is 810. The monoisotopic (exact) mass is 384 g/mol. The van der Waals surface area contributed by atoms with Crippen LogP contribution < -0.4 is 5.32 Å². The molecule has 0 spiro atoms. The lowest BCUT2D eigenvalue weighted by Gasteiger charge is -2.21. The van der Waals surface area contributed by atoms with E-state index >= 15 is 0 Å². The van der Waals surface area contributed by atoms with Crippen molar-refractivity contribution in [3.05, 3.63) is 59.7 Å². The largest absolute Gasteiger partial charge is 0.444 e. The van der Waals surface area contributed by atoms with E-state index in [1.807, 2.05) is 48.5 Å². The van der Waals surface area contributed by atoms with E-state index in [0.717, 1.165) is 22.3 Å². The van der Waals surface area contributed by atoms with Crippen LogP contribution in [0.5, 0.6) is 0 Å². The molecule has 0 bridgehead atoms. The highest BCUT2D eigenvalue weighted by atomic mass is 16.6. The fourth-order valence-electron chi connectivity index (χ4n) is 2.61. The molecule has 0 unspecified atom stereocenters. The molecule has 0 aliphatic carbocycles. The first-order valence-corrected chi connectivity index (χ1v) is 9.18. The quantitative estimate of drug-likeness (QED) is 0.801. The second-order valence-electron chi connectivity index (χ2n) is 7.66. The Balaban J connectivity index is 1.95. The molecule has 0 saturated heterocycles. The Kier molecular flexibility index (Phi) is 7.18. The SMILES string of the molecule is CN(Cc1cccc(-c2ccc(CO)cc2)c1)C(=O)CNC(=O)OC(C)(C)C. The molecule has 0 heterocycles. The van der Waals surface area contributed by atoms with E-state index in [4.69, 9.17) is 9.84 Å². The van der Waals surface area contributed by atoms with Crippen LogP contribution in [-0.2, 0) is 22.7 Å². The summed E-state index contributed by atoms with van der Waals surface area (Å²) >= 11 is 0. The molecule has 2 N–H and O–H groups in total. The third kappa shape index (κ3) is 6.70. The number of nitrogens with one attached hydrogen (secondary N) is 1. The number of aliphatic hydroxyl groups excluding tert-OH is 1. The molecule has 0 aromatic heterocycles. The van der Waals surface area contributed by atoms with E-state index < -0.39 is 11.7 Å². The number of aliphatic hydroxyl groups is 1. The average molecular weight is 384 g/mol. The highest BCUT2D eigenvalue weighted by Gasteiger charge is 2.17. The average Bonchev–Trinajstić information content (AvgIpc) is 2.65. The Hall–Kier alpha value is -2.86. The first-order chi connectivity index (χ1) is 13.2. The summed E-state index contributed by atoms with van der Waals surface area (Å²) in [6.45, 7) is 5.64. The lowest BCUT2D eigenvalue weighted by Crippen LogP contribution is -2.40. The van der Waals surface area contributed by atoms with Gasteiger partial charge in [0.2, 0.25) is 5.91 Å². The molecule has 28 heavy (non-hydrogen) atoms. The van der Waals surface area contributed by atoms with Gasteiger partial charge in [0.1, 0.15) is 12.1 Å². The maximum atomic E-state index is 12.3. The van der Waals surface area contributed by atoms with E-state index in [1.54, 1.807) is 32.7 Å². The normalized spacial score (nSPS) is 11.0. The van der Waals surface area contributed by atoms with E-state index in [0.29, 0.717) is 6.54 Å². The minimum absolute atomic E-state index is 0.0184. The minimum atomic E-state index is -0.609. The smallest absolute Gasteiger partial charge is 0.408 e. The van der Waals surface area contributed by atoms with Gasteiger partial charge in [0, 0.05) is 13.6 Å². The maximum Gasteiger partial charge on any atom is 0.408 e. The molecule has 0 aliphatic heterocycles. The number of benzene rings is 2. The van der Waals surface area contributed by atoms with E-state index in [-0.39, 0.29) is 19.1 Å². The van der Waals surface area contributed by atoms with Crippen LogP contribution in [0.2, 0.25) is 0 Å². The number of hydrogen-bond donors (Lipinski definition) is 2. The van der Waals surface area contributed by atoms with Crippen molar-refractivity contribution in [2.75, 3.05) is 13.6 Å². The predicted octanol–water partition coefficient (Wildman–Crippen LogP) is 3.33. The van der Waals surface area contributed by atoms with Crippen LogP contribution >= 0.6 is 0 Å². The first-order valence-electron chi connectivity index (χ1n) is 9.18. The highest BCUT2D eigenvalue weighted by molar-refractivity contribution is 5.82. The lowest BCUT2D eigenvalue weighted by atomic mass is 10.0. The number of likely N-dealkylation sites (N-methyl/N-ethyl adjacent to an activating group) is 1. The van der Waals surface area contributed by atoms with Gasteiger partial charge in [-0.3, -0.25) is 4.79 Å². The summed E-state index contributed by atoms with van der Waals surface area (Å²) in [4.78, 5) is 25.5. The second-order valence-corrected chi connectivity index (χ2v) is 7.66. The minimum Gasteiger partial charge on any atom is -0.444 e. The zero-order valence-corrected chi connectivity index (χ0v) is 16.9. The number of carbonyl (C=O) groups excluding carboxylic acids is 2. The van der Waals surface area contributed by atoms with Gasteiger partial charge in [-0.2, -0.15) is 0 Å². The van der Waals surface area contributed by atoms with Crippen LogP contribution in [0.4, 0.5) is 4.79 Å². The number of rotatable bonds is 6. The van der Waals surface area contributed by atoms with Gasteiger partial charge >= 0.3 is 6.09 Å². The first kappa shape index (κ1) is 21.4. The number of hydrogen-bond acceptors (Lipinski definition) is 4. The molecule has 2 amide bonds. The molecule has 0 saturated carbocycles. The summed E-state index contributed by atoms with van der Waals surface area (Å²) in [5.74, 6) is -0.205. The van der Waals surface area contributed by atoms with Crippen LogP contribution in [0.25, 0.3) is 11.1 Å². The summed E-state index contributed by atoms with van der Waals surface area (Å²) in [7, 11) is 1.70. The summed E-state index contributed by atoms with van der Waals surface area (Å²) in [5, 5.41) is 11.6. The summed E-state index contributed by atoms with van der Waals surface area (Å²) in [5.41, 5.74) is 3.32. The number of alkyl carbamates (subject to hydrolysis) is 1. The second kappa shape index (κ2) is 9.37. The molecule has 0 aliphatic rings. The molecular formula is C22H28N2O4. The van der Waals surface area contributed by atoms with Crippen molar-refractivity contribution < 1.29 is 19.4 Å². The van der Waals surface area contributed by atoms with Gasteiger partial charge in [-0.05, 0) is 49.1 Å². The Morgan fingerprint density at radius 2 is 1.71 bits per heavy atom. The maximum absolute atomic E-state index is 12.3. The van der Waals surface area contributed by atoms with Crippen LogP contribution in [0, 0.1) is 0 Å². The van der Waals surface area contributed by atoms with Crippen molar-refractivity contribution in [3.8, 4) is 11.1 Å². The molecule has 0 atom stereocenters. The molecule has 0 fully saturated rings. The summed E-state index contributed by atoms with van der Waals surface area (Å²) < 4.78 is 5.13. The number of carbonyl (C=O) groups is 2. The van der Waals surface area contributed by atoms with Gasteiger partial charge in [-0.1, -0.05) is 42.5 Å².